The highest BCUT2D eigenvalue weighted by atomic mass is 32.1. The van der Waals surface area contributed by atoms with Gasteiger partial charge in [-0.3, -0.25) is 4.99 Å². The minimum atomic E-state index is 0.453. The minimum Gasteiger partial charge on any atom is -0.253 e. The average Bonchev–Trinajstić information content (AvgIpc) is 3.27. The molecule has 0 bridgehead atoms. The predicted molar refractivity (Wildman–Crippen MR) is 94.7 cm³/mol. The molecule has 3 nitrogen and oxygen atoms in total. The lowest BCUT2D eigenvalue weighted by Gasteiger charge is -2.05. The monoisotopic (exact) mass is 321 g/mol. The zero-order chi connectivity index (χ0) is 15.5. The van der Waals surface area contributed by atoms with Crippen molar-refractivity contribution in [1.29, 1.82) is 0 Å². The SMILES string of the molecule is c1ccc(-c2nc(=NC3CCCC3)sn2-c2ccccc2)cc1. The van der Waals surface area contributed by atoms with Crippen molar-refractivity contribution in [2.75, 3.05) is 0 Å². The number of aromatic nitrogens is 2. The van der Waals surface area contributed by atoms with E-state index in [0.717, 1.165) is 21.9 Å². The maximum atomic E-state index is 4.88. The highest BCUT2D eigenvalue weighted by Gasteiger charge is 2.15. The normalized spacial score (nSPS) is 16.1. The molecule has 4 rings (SSSR count). The molecule has 0 spiro atoms. The third-order valence-corrected chi connectivity index (χ3v) is 5.13. The molecule has 0 saturated heterocycles. The van der Waals surface area contributed by atoms with Crippen molar-refractivity contribution in [1.82, 2.24) is 8.94 Å². The van der Waals surface area contributed by atoms with Crippen LogP contribution in [0.3, 0.4) is 0 Å². The first-order chi connectivity index (χ1) is 11.4. The van der Waals surface area contributed by atoms with Crippen LogP contribution in [0.4, 0.5) is 0 Å². The Hall–Kier alpha value is -2.20. The molecule has 4 heteroatoms. The van der Waals surface area contributed by atoms with Crippen LogP contribution in [0.5, 0.6) is 0 Å². The molecule has 0 atom stereocenters. The van der Waals surface area contributed by atoms with Gasteiger partial charge in [-0.15, -0.1) is 0 Å². The van der Waals surface area contributed by atoms with E-state index in [2.05, 4.69) is 52.5 Å². The van der Waals surface area contributed by atoms with E-state index in [4.69, 9.17) is 9.98 Å². The molecule has 1 aromatic heterocycles. The minimum absolute atomic E-state index is 0.453. The number of rotatable bonds is 3. The molecule has 0 aliphatic heterocycles. The molecule has 2 aromatic carbocycles. The fourth-order valence-corrected chi connectivity index (χ4v) is 3.98. The lowest BCUT2D eigenvalue weighted by atomic mass is 10.2. The standard InChI is InChI=1S/C19H19N3S/c1-3-9-15(10-4-1)18-21-19(20-16-11-7-8-12-16)23-22(18)17-13-5-2-6-14-17/h1-6,9-10,13-14,16H,7-8,11-12H2. The molecule has 0 N–H and O–H groups in total. The van der Waals surface area contributed by atoms with Crippen LogP contribution in [0.25, 0.3) is 17.1 Å². The number of para-hydroxylation sites is 1. The van der Waals surface area contributed by atoms with Crippen molar-refractivity contribution in [2.24, 2.45) is 4.99 Å². The van der Waals surface area contributed by atoms with E-state index in [0.29, 0.717) is 6.04 Å². The van der Waals surface area contributed by atoms with Crippen molar-refractivity contribution >= 4 is 11.5 Å². The maximum Gasteiger partial charge on any atom is 0.223 e. The third kappa shape index (κ3) is 3.13. The van der Waals surface area contributed by atoms with Crippen molar-refractivity contribution < 1.29 is 0 Å². The van der Waals surface area contributed by atoms with Crippen molar-refractivity contribution in [3.8, 4) is 17.1 Å². The van der Waals surface area contributed by atoms with Gasteiger partial charge in [0.05, 0.1) is 11.7 Å². The summed E-state index contributed by atoms with van der Waals surface area (Å²) in [7, 11) is 0. The largest absolute Gasteiger partial charge is 0.253 e. The van der Waals surface area contributed by atoms with Gasteiger partial charge in [-0.1, -0.05) is 61.4 Å². The van der Waals surface area contributed by atoms with Gasteiger partial charge in [0, 0.05) is 5.56 Å². The zero-order valence-electron chi connectivity index (χ0n) is 12.9. The summed E-state index contributed by atoms with van der Waals surface area (Å²) in [5.74, 6) is 0.971. The second-order valence-electron chi connectivity index (χ2n) is 5.87. The van der Waals surface area contributed by atoms with Crippen LogP contribution in [0.1, 0.15) is 25.7 Å². The van der Waals surface area contributed by atoms with E-state index >= 15 is 0 Å². The number of hydrogen-bond donors (Lipinski definition) is 0. The molecule has 116 valence electrons. The summed E-state index contributed by atoms with van der Waals surface area (Å²) < 4.78 is 2.18. The highest BCUT2D eigenvalue weighted by molar-refractivity contribution is 7.04. The van der Waals surface area contributed by atoms with Crippen LogP contribution in [0.2, 0.25) is 0 Å². The second-order valence-corrected chi connectivity index (χ2v) is 6.79. The zero-order valence-corrected chi connectivity index (χ0v) is 13.7. The topological polar surface area (TPSA) is 30.2 Å². The van der Waals surface area contributed by atoms with E-state index in [9.17, 15) is 0 Å². The van der Waals surface area contributed by atoms with Crippen molar-refractivity contribution in [2.45, 2.75) is 31.7 Å². The lowest BCUT2D eigenvalue weighted by Crippen LogP contribution is -2.06. The van der Waals surface area contributed by atoms with Crippen LogP contribution in [0, 0.1) is 0 Å². The first-order valence-electron chi connectivity index (χ1n) is 8.15. The Kier molecular flexibility index (Phi) is 4.07. The maximum absolute atomic E-state index is 4.88. The van der Waals surface area contributed by atoms with E-state index in [-0.39, 0.29) is 0 Å². The predicted octanol–water partition coefficient (Wildman–Crippen LogP) is 4.44. The lowest BCUT2D eigenvalue weighted by molar-refractivity contribution is 0.685. The van der Waals surface area contributed by atoms with Crippen LogP contribution < -0.4 is 4.80 Å². The summed E-state index contributed by atoms with van der Waals surface area (Å²) in [4.78, 5) is 10.6. The Balaban J connectivity index is 1.84. The van der Waals surface area contributed by atoms with Gasteiger partial charge in [0.15, 0.2) is 5.82 Å². The Morgan fingerprint density at radius 2 is 1.57 bits per heavy atom. The fourth-order valence-electron chi connectivity index (χ4n) is 3.03. The Morgan fingerprint density at radius 1 is 0.913 bits per heavy atom. The number of hydrogen-bond acceptors (Lipinski definition) is 3. The molecule has 0 unspecified atom stereocenters. The molecule has 1 aliphatic rings. The van der Waals surface area contributed by atoms with E-state index < -0.39 is 0 Å². The summed E-state index contributed by atoms with van der Waals surface area (Å²) in [6.45, 7) is 0. The summed E-state index contributed by atoms with van der Waals surface area (Å²) >= 11 is 1.63. The molecule has 3 aromatic rings. The quantitative estimate of drug-likeness (QED) is 0.701. The number of nitrogens with zero attached hydrogens (tertiary/aromatic N) is 3. The summed E-state index contributed by atoms with van der Waals surface area (Å²) in [6.07, 6.45) is 4.99. The molecule has 23 heavy (non-hydrogen) atoms. The van der Waals surface area contributed by atoms with Crippen LogP contribution in [0.15, 0.2) is 65.7 Å². The number of benzene rings is 2. The Bertz CT molecular complexity index is 768. The van der Waals surface area contributed by atoms with Crippen LogP contribution in [-0.2, 0) is 0 Å². The van der Waals surface area contributed by atoms with Gasteiger partial charge in [0.2, 0.25) is 4.80 Å². The van der Waals surface area contributed by atoms with Gasteiger partial charge in [-0.05, 0) is 36.5 Å². The molecule has 1 aliphatic carbocycles. The fraction of sp³-hybridized carbons (Fsp3) is 0.263. The molecular formula is C19H19N3S. The van der Waals surface area contributed by atoms with E-state index in [1.54, 1.807) is 11.5 Å². The van der Waals surface area contributed by atoms with Gasteiger partial charge < -0.3 is 0 Å². The van der Waals surface area contributed by atoms with Gasteiger partial charge in [-0.2, -0.15) is 4.98 Å². The molecule has 0 radical (unpaired) electrons. The van der Waals surface area contributed by atoms with E-state index in [1.165, 1.54) is 25.7 Å². The molecular weight excluding hydrogens is 302 g/mol. The highest BCUT2D eigenvalue weighted by Crippen LogP contribution is 2.23. The Morgan fingerprint density at radius 3 is 2.26 bits per heavy atom. The molecule has 1 fully saturated rings. The molecule has 0 amide bonds. The first-order valence-corrected chi connectivity index (χ1v) is 8.92. The summed E-state index contributed by atoms with van der Waals surface area (Å²) in [6, 6.07) is 21.2. The van der Waals surface area contributed by atoms with Gasteiger partial charge in [0.1, 0.15) is 0 Å². The van der Waals surface area contributed by atoms with Gasteiger partial charge >= 0.3 is 0 Å². The van der Waals surface area contributed by atoms with Crippen LogP contribution in [-0.4, -0.2) is 15.0 Å². The first kappa shape index (κ1) is 14.4. The average molecular weight is 321 g/mol. The Labute approximate surface area is 140 Å². The van der Waals surface area contributed by atoms with E-state index in [1.807, 2.05) is 12.1 Å². The van der Waals surface area contributed by atoms with Crippen LogP contribution >= 0.6 is 11.5 Å². The van der Waals surface area contributed by atoms with Crippen molar-refractivity contribution in [3.63, 3.8) is 0 Å². The van der Waals surface area contributed by atoms with Crippen molar-refractivity contribution in [3.05, 3.63) is 65.5 Å². The summed E-state index contributed by atoms with van der Waals surface area (Å²) in [5, 5.41) is 0. The molecule has 1 saturated carbocycles. The van der Waals surface area contributed by atoms with Gasteiger partial charge in [0.25, 0.3) is 0 Å². The molecule has 1 heterocycles. The summed E-state index contributed by atoms with van der Waals surface area (Å²) in [5.41, 5.74) is 2.26. The smallest absolute Gasteiger partial charge is 0.223 e. The third-order valence-electron chi connectivity index (χ3n) is 4.21. The second kappa shape index (κ2) is 6.50. The van der Waals surface area contributed by atoms with Gasteiger partial charge in [-0.25, -0.2) is 3.96 Å².